The van der Waals surface area contributed by atoms with Crippen LogP contribution in [0.25, 0.3) is 17.2 Å². The minimum atomic E-state index is 0.502. The molecule has 0 unspecified atom stereocenters. The summed E-state index contributed by atoms with van der Waals surface area (Å²) in [6.45, 7) is 0. The van der Waals surface area contributed by atoms with Gasteiger partial charge in [-0.1, -0.05) is 17.8 Å². The molecular formula is C14H12N6OS. The summed E-state index contributed by atoms with van der Waals surface area (Å²) in [4.78, 5) is 4.54. The van der Waals surface area contributed by atoms with Crippen molar-refractivity contribution < 1.29 is 4.42 Å². The first kappa shape index (κ1) is 13.0. The molecule has 4 aromatic heterocycles. The second-order valence-electron chi connectivity index (χ2n) is 4.64. The molecule has 110 valence electrons. The molecule has 8 heteroatoms. The van der Waals surface area contributed by atoms with Gasteiger partial charge in [0.15, 0.2) is 5.76 Å². The minimum Gasteiger partial charge on any atom is -0.461 e. The van der Waals surface area contributed by atoms with Gasteiger partial charge in [-0.05, 0) is 24.3 Å². The zero-order chi connectivity index (χ0) is 14.9. The highest BCUT2D eigenvalue weighted by atomic mass is 32.2. The van der Waals surface area contributed by atoms with Crippen LogP contribution in [0.1, 0.15) is 5.69 Å². The number of rotatable bonds is 4. The van der Waals surface area contributed by atoms with Crippen LogP contribution in [-0.2, 0) is 5.75 Å². The molecule has 0 aliphatic rings. The average molecular weight is 312 g/mol. The molecule has 4 heterocycles. The zero-order valence-corrected chi connectivity index (χ0v) is 12.3. The highest BCUT2D eigenvalue weighted by Crippen LogP contribution is 2.24. The molecule has 4 aromatic rings. The van der Waals surface area contributed by atoms with Gasteiger partial charge in [0.05, 0.1) is 12.0 Å². The molecule has 0 amide bonds. The molecule has 0 saturated carbocycles. The van der Waals surface area contributed by atoms with Crippen LogP contribution in [0.5, 0.6) is 0 Å². The van der Waals surface area contributed by atoms with E-state index in [2.05, 4.69) is 15.2 Å². The Morgan fingerprint density at radius 1 is 1.18 bits per heavy atom. The Morgan fingerprint density at radius 3 is 2.95 bits per heavy atom. The molecule has 0 saturated heterocycles. The summed E-state index contributed by atoms with van der Waals surface area (Å²) in [5.41, 5.74) is 1.88. The summed E-state index contributed by atoms with van der Waals surface area (Å²) in [6, 6.07) is 9.48. The van der Waals surface area contributed by atoms with Gasteiger partial charge in [-0.25, -0.2) is 9.66 Å². The maximum Gasteiger partial charge on any atom is 0.218 e. The Bertz CT molecular complexity index is 878. The number of nitrogens with zero attached hydrogens (tertiary/aromatic N) is 5. The molecule has 0 aliphatic heterocycles. The number of thioether (sulfide) groups is 1. The molecule has 4 rings (SSSR count). The van der Waals surface area contributed by atoms with E-state index in [0.29, 0.717) is 22.5 Å². The number of pyridine rings is 1. The standard InChI is InChI=1S/C14H12N6OS/c15-20-13(11-4-3-7-21-11)17-18-14(20)22-9-10-8-19-6-2-1-5-12(19)16-10/h1-8H,9,15H2. The largest absolute Gasteiger partial charge is 0.461 e. The third kappa shape index (κ3) is 2.23. The Balaban J connectivity index is 1.54. The van der Waals surface area contributed by atoms with E-state index >= 15 is 0 Å². The first-order chi connectivity index (χ1) is 10.8. The van der Waals surface area contributed by atoms with Gasteiger partial charge in [-0.15, -0.1) is 10.2 Å². The van der Waals surface area contributed by atoms with Crippen molar-refractivity contribution in [3.63, 3.8) is 0 Å². The van der Waals surface area contributed by atoms with E-state index in [0.717, 1.165) is 11.3 Å². The summed E-state index contributed by atoms with van der Waals surface area (Å²) in [5.74, 6) is 7.78. The molecule has 0 aliphatic carbocycles. The van der Waals surface area contributed by atoms with E-state index in [-0.39, 0.29) is 0 Å². The van der Waals surface area contributed by atoms with Crippen LogP contribution in [0.15, 0.2) is 58.6 Å². The third-order valence-corrected chi connectivity index (χ3v) is 4.15. The topological polar surface area (TPSA) is 87.2 Å². The minimum absolute atomic E-state index is 0.502. The Morgan fingerprint density at radius 2 is 2.14 bits per heavy atom. The van der Waals surface area contributed by atoms with Crippen LogP contribution in [0.4, 0.5) is 0 Å². The van der Waals surface area contributed by atoms with Crippen LogP contribution < -0.4 is 5.84 Å². The number of hydrogen-bond acceptors (Lipinski definition) is 6. The summed E-state index contributed by atoms with van der Waals surface area (Å²) < 4.78 is 8.70. The van der Waals surface area contributed by atoms with Gasteiger partial charge < -0.3 is 14.7 Å². The number of fused-ring (bicyclic) bond motifs is 1. The molecule has 22 heavy (non-hydrogen) atoms. The zero-order valence-electron chi connectivity index (χ0n) is 11.5. The van der Waals surface area contributed by atoms with Gasteiger partial charge in [0.25, 0.3) is 0 Å². The van der Waals surface area contributed by atoms with Crippen LogP contribution in [0, 0.1) is 0 Å². The number of nitrogen functional groups attached to an aromatic ring is 1. The number of imidazole rings is 1. The molecule has 2 N–H and O–H groups in total. The van der Waals surface area contributed by atoms with Gasteiger partial charge in [0, 0.05) is 18.1 Å². The van der Waals surface area contributed by atoms with Crippen LogP contribution in [0.3, 0.4) is 0 Å². The van der Waals surface area contributed by atoms with Crippen LogP contribution >= 0.6 is 11.8 Å². The van der Waals surface area contributed by atoms with Crippen molar-refractivity contribution in [3.8, 4) is 11.6 Å². The van der Waals surface area contributed by atoms with E-state index in [1.54, 1.807) is 18.4 Å². The average Bonchev–Trinajstić information content (AvgIpc) is 3.24. The lowest BCUT2D eigenvalue weighted by molar-refractivity contribution is 0.574. The molecule has 0 spiro atoms. The number of furan rings is 1. The Labute approximate surface area is 129 Å². The first-order valence-corrected chi connectivity index (χ1v) is 7.59. The molecule has 0 bridgehead atoms. The van der Waals surface area contributed by atoms with Gasteiger partial charge in [-0.3, -0.25) is 0 Å². The van der Waals surface area contributed by atoms with Gasteiger partial charge in [-0.2, -0.15) is 0 Å². The fraction of sp³-hybridized carbons (Fsp3) is 0.0714. The lowest BCUT2D eigenvalue weighted by Crippen LogP contribution is -2.11. The molecule has 0 aromatic carbocycles. The van der Waals surface area contributed by atoms with Crippen molar-refractivity contribution in [2.75, 3.05) is 5.84 Å². The fourth-order valence-electron chi connectivity index (χ4n) is 2.14. The van der Waals surface area contributed by atoms with Crippen molar-refractivity contribution >= 4 is 17.4 Å². The van der Waals surface area contributed by atoms with Gasteiger partial charge in [0.2, 0.25) is 11.0 Å². The predicted octanol–water partition coefficient (Wildman–Crippen LogP) is 2.19. The quantitative estimate of drug-likeness (QED) is 0.459. The van der Waals surface area contributed by atoms with Crippen molar-refractivity contribution in [1.82, 2.24) is 24.3 Å². The molecular weight excluding hydrogens is 300 g/mol. The molecule has 0 fully saturated rings. The van der Waals surface area contributed by atoms with E-state index in [4.69, 9.17) is 10.3 Å². The number of aromatic nitrogens is 5. The SMILES string of the molecule is Nn1c(SCc2cn3ccccc3n2)nnc1-c1ccco1. The third-order valence-electron chi connectivity index (χ3n) is 3.17. The van der Waals surface area contributed by atoms with Crippen molar-refractivity contribution in [1.29, 1.82) is 0 Å². The highest BCUT2D eigenvalue weighted by molar-refractivity contribution is 7.98. The van der Waals surface area contributed by atoms with Gasteiger partial charge >= 0.3 is 0 Å². The summed E-state index contributed by atoms with van der Waals surface area (Å²) in [7, 11) is 0. The maximum absolute atomic E-state index is 6.02. The van der Waals surface area contributed by atoms with Crippen molar-refractivity contribution in [2.45, 2.75) is 10.9 Å². The van der Waals surface area contributed by atoms with Crippen molar-refractivity contribution in [3.05, 3.63) is 54.7 Å². The van der Waals surface area contributed by atoms with E-state index in [9.17, 15) is 0 Å². The Kier molecular flexibility index (Phi) is 3.08. The normalized spacial score (nSPS) is 11.3. The maximum atomic E-state index is 6.02. The predicted molar refractivity (Wildman–Crippen MR) is 82.6 cm³/mol. The second kappa shape index (κ2) is 5.23. The summed E-state index contributed by atoms with van der Waals surface area (Å²) >= 11 is 1.48. The summed E-state index contributed by atoms with van der Waals surface area (Å²) in [6.07, 6.45) is 5.54. The van der Waals surface area contributed by atoms with Crippen molar-refractivity contribution in [2.24, 2.45) is 0 Å². The van der Waals surface area contributed by atoms with Crippen LogP contribution in [-0.4, -0.2) is 24.3 Å². The van der Waals surface area contributed by atoms with E-state index in [1.165, 1.54) is 16.4 Å². The van der Waals surface area contributed by atoms with E-state index < -0.39 is 0 Å². The first-order valence-electron chi connectivity index (χ1n) is 6.61. The molecule has 0 atom stereocenters. The smallest absolute Gasteiger partial charge is 0.218 e. The van der Waals surface area contributed by atoms with Crippen LogP contribution in [0.2, 0.25) is 0 Å². The molecule has 7 nitrogen and oxygen atoms in total. The monoisotopic (exact) mass is 312 g/mol. The lowest BCUT2D eigenvalue weighted by atomic mass is 10.4. The fourth-order valence-corrected chi connectivity index (χ4v) is 2.88. The second-order valence-corrected chi connectivity index (χ2v) is 5.58. The summed E-state index contributed by atoms with van der Waals surface area (Å²) in [5, 5.41) is 8.77. The lowest BCUT2D eigenvalue weighted by Gasteiger charge is -2.00. The highest BCUT2D eigenvalue weighted by Gasteiger charge is 2.14. The number of hydrogen-bond donors (Lipinski definition) is 1. The molecule has 0 radical (unpaired) electrons. The van der Waals surface area contributed by atoms with Gasteiger partial charge in [0.1, 0.15) is 5.65 Å². The Hall–Kier alpha value is -2.74. The van der Waals surface area contributed by atoms with E-state index in [1.807, 2.05) is 35.0 Å². The number of nitrogens with two attached hydrogens (primary N) is 1.